The van der Waals surface area contributed by atoms with Gasteiger partial charge in [0.05, 0.1) is 12.2 Å². The molecular formula is C24H22ClN5O2S. The number of H-pyrrole nitrogens is 1. The molecule has 2 N–H and O–H groups in total. The monoisotopic (exact) mass is 479 g/mol. The number of carbonyl (C=O) groups is 1. The van der Waals surface area contributed by atoms with Crippen LogP contribution in [0.3, 0.4) is 0 Å². The Morgan fingerprint density at radius 2 is 1.79 bits per heavy atom. The van der Waals surface area contributed by atoms with Gasteiger partial charge in [-0.2, -0.15) is 0 Å². The van der Waals surface area contributed by atoms with Crippen molar-refractivity contribution < 1.29 is 4.79 Å². The summed E-state index contributed by atoms with van der Waals surface area (Å²) >= 11 is 7.51. The van der Waals surface area contributed by atoms with Crippen LogP contribution in [0.15, 0.2) is 53.6 Å². The summed E-state index contributed by atoms with van der Waals surface area (Å²) in [5.74, 6) is 0.344. The van der Waals surface area contributed by atoms with Gasteiger partial charge >= 0.3 is 0 Å². The molecule has 1 aromatic carbocycles. The molecule has 168 valence electrons. The number of aromatic amines is 1. The van der Waals surface area contributed by atoms with Gasteiger partial charge in [0.15, 0.2) is 0 Å². The first-order chi connectivity index (χ1) is 15.9. The van der Waals surface area contributed by atoms with Crippen LogP contribution in [0.5, 0.6) is 0 Å². The highest BCUT2D eigenvalue weighted by Crippen LogP contribution is 2.28. The van der Waals surface area contributed by atoms with Gasteiger partial charge in [-0.1, -0.05) is 23.7 Å². The van der Waals surface area contributed by atoms with Gasteiger partial charge in [0.25, 0.3) is 5.56 Å². The minimum absolute atomic E-state index is 0.145. The zero-order valence-corrected chi connectivity index (χ0v) is 19.8. The summed E-state index contributed by atoms with van der Waals surface area (Å²) in [7, 11) is 0. The van der Waals surface area contributed by atoms with Crippen molar-refractivity contribution in [2.75, 3.05) is 0 Å². The van der Waals surface area contributed by atoms with Gasteiger partial charge in [-0.25, -0.2) is 9.97 Å². The van der Waals surface area contributed by atoms with E-state index in [4.69, 9.17) is 11.6 Å². The van der Waals surface area contributed by atoms with E-state index in [1.807, 2.05) is 31.2 Å². The zero-order valence-electron chi connectivity index (χ0n) is 18.2. The normalized spacial score (nSPS) is 10.9. The van der Waals surface area contributed by atoms with Crippen molar-refractivity contribution in [3.05, 3.63) is 85.3 Å². The maximum absolute atomic E-state index is 12.6. The van der Waals surface area contributed by atoms with Crippen LogP contribution in [0, 0.1) is 13.8 Å². The molecule has 7 nitrogen and oxygen atoms in total. The summed E-state index contributed by atoms with van der Waals surface area (Å²) in [5, 5.41) is 4.39. The number of benzene rings is 1. The molecule has 3 heterocycles. The first kappa shape index (κ1) is 22.8. The largest absolute Gasteiger partial charge is 0.350 e. The molecule has 4 rings (SSSR count). The fourth-order valence-electron chi connectivity index (χ4n) is 3.45. The van der Waals surface area contributed by atoms with Crippen LogP contribution in [0.4, 0.5) is 0 Å². The molecule has 0 aliphatic rings. The summed E-state index contributed by atoms with van der Waals surface area (Å²) in [5.41, 5.74) is 3.56. The molecular weight excluding hydrogens is 458 g/mol. The van der Waals surface area contributed by atoms with Crippen molar-refractivity contribution in [1.29, 1.82) is 0 Å². The van der Waals surface area contributed by atoms with Crippen molar-refractivity contribution in [2.45, 2.75) is 33.2 Å². The number of aromatic nitrogens is 4. The molecule has 3 aromatic heterocycles. The lowest BCUT2D eigenvalue weighted by Gasteiger charge is -2.08. The Balaban J connectivity index is 1.36. The summed E-state index contributed by atoms with van der Waals surface area (Å²) in [6.45, 7) is 4.13. The standard InChI is InChI=1S/C24H22ClN5O2S/c1-14-19(24(32)30-23(28-14)17-9-11-26-12-10-17)7-8-20(31)27-13-21-29-22(15(2)33-21)16-3-5-18(25)6-4-16/h3-6,9-12H,7-8,13H2,1-2H3,(H,27,31)(H,28,30,32). The van der Waals surface area contributed by atoms with Gasteiger partial charge in [0, 0.05) is 51.1 Å². The van der Waals surface area contributed by atoms with Crippen LogP contribution in [0.1, 0.15) is 27.6 Å². The third-order valence-electron chi connectivity index (χ3n) is 5.17. The molecule has 0 bridgehead atoms. The molecule has 0 aliphatic carbocycles. The summed E-state index contributed by atoms with van der Waals surface area (Å²) in [6.07, 6.45) is 3.79. The SMILES string of the molecule is Cc1nc(-c2ccncc2)[nH]c(=O)c1CCC(=O)NCc1nc(-c2ccc(Cl)cc2)c(C)s1. The van der Waals surface area contributed by atoms with Crippen LogP contribution in [0.25, 0.3) is 22.6 Å². The third kappa shape index (κ3) is 5.53. The number of thiazole rings is 1. The number of pyridine rings is 1. The highest BCUT2D eigenvalue weighted by molar-refractivity contribution is 7.12. The summed E-state index contributed by atoms with van der Waals surface area (Å²) in [4.78, 5) is 42.0. The van der Waals surface area contributed by atoms with E-state index in [1.54, 1.807) is 42.8 Å². The molecule has 0 spiro atoms. The number of nitrogens with zero attached hydrogens (tertiary/aromatic N) is 3. The van der Waals surface area contributed by atoms with Crippen LogP contribution in [-0.2, 0) is 17.8 Å². The number of amides is 1. The smallest absolute Gasteiger partial charge is 0.254 e. The Bertz CT molecular complexity index is 1330. The molecule has 33 heavy (non-hydrogen) atoms. The van der Waals surface area contributed by atoms with E-state index in [9.17, 15) is 9.59 Å². The van der Waals surface area contributed by atoms with Crippen LogP contribution in [-0.4, -0.2) is 25.8 Å². The Labute approximate surface area is 199 Å². The molecule has 4 aromatic rings. The maximum atomic E-state index is 12.6. The number of carbonyl (C=O) groups excluding carboxylic acids is 1. The number of halogens is 1. The van der Waals surface area contributed by atoms with Gasteiger partial charge in [0.1, 0.15) is 10.8 Å². The van der Waals surface area contributed by atoms with Crippen molar-refractivity contribution >= 4 is 28.8 Å². The molecule has 0 radical (unpaired) electrons. The van der Waals surface area contributed by atoms with Gasteiger partial charge in [-0.3, -0.25) is 14.6 Å². The fraction of sp³-hybridized carbons (Fsp3) is 0.208. The number of hydrogen-bond acceptors (Lipinski definition) is 6. The number of aryl methyl sites for hydroxylation is 2. The predicted molar refractivity (Wildman–Crippen MR) is 130 cm³/mol. The third-order valence-corrected chi connectivity index (χ3v) is 6.40. The topological polar surface area (TPSA) is 101 Å². The minimum atomic E-state index is -0.231. The average molecular weight is 480 g/mol. The van der Waals surface area contributed by atoms with Crippen LogP contribution < -0.4 is 10.9 Å². The number of rotatable bonds is 7. The van der Waals surface area contributed by atoms with Crippen molar-refractivity contribution in [3.8, 4) is 22.6 Å². The van der Waals surface area contributed by atoms with Crippen molar-refractivity contribution in [3.63, 3.8) is 0 Å². The van der Waals surface area contributed by atoms with Crippen molar-refractivity contribution in [2.24, 2.45) is 0 Å². The van der Waals surface area contributed by atoms with Gasteiger partial charge < -0.3 is 10.3 Å². The van der Waals surface area contributed by atoms with E-state index < -0.39 is 0 Å². The lowest BCUT2D eigenvalue weighted by molar-refractivity contribution is -0.121. The lowest BCUT2D eigenvalue weighted by Crippen LogP contribution is -2.25. The summed E-state index contributed by atoms with van der Waals surface area (Å²) < 4.78 is 0. The van der Waals surface area contributed by atoms with E-state index >= 15 is 0 Å². The van der Waals surface area contributed by atoms with Crippen molar-refractivity contribution in [1.82, 2.24) is 25.3 Å². The first-order valence-electron chi connectivity index (χ1n) is 10.4. The Hall–Kier alpha value is -3.36. The minimum Gasteiger partial charge on any atom is -0.350 e. The zero-order chi connectivity index (χ0) is 23.4. The molecule has 0 aliphatic heterocycles. The number of hydrogen-bond donors (Lipinski definition) is 2. The summed E-state index contributed by atoms with van der Waals surface area (Å²) in [6, 6.07) is 11.1. The van der Waals surface area contributed by atoms with Gasteiger partial charge in [0.2, 0.25) is 5.91 Å². The molecule has 9 heteroatoms. The molecule has 0 saturated heterocycles. The fourth-order valence-corrected chi connectivity index (χ4v) is 4.48. The van der Waals surface area contributed by atoms with E-state index in [-0.39, 0.29) is 17.9 Å². The first-order valence-corrected chi connectivity index (χ1v) is 11.6. The van der Waals surface area contributed by atoms with E-state index in [0.29, 0.717) is 35.1 Å². The van der Waals surface area contributed by atoms with Crippen LogP contribution >= 0.6 is 22.9 Å². The number of nitrogens with one attached hydrogen (secondary N) is 2. The Morgan fingerprint density at radius 1 is 1.06 bits per heavy atom. The van der Waals surface area contributed by atoms with Crippen LogP contribution in [0.2, 0.25) is 5.02 Å². The predicted octanol–water partition coefficient (Wildman–Crippen LogP) is 4.47. The Morgan fingerprint density at radius 3 is 2.48 bits per heavy atom. The van der Waals surface area contributed by atoms with E-state index in [0.717, 1.165) is 26.7 Å². The quantitative estimate of drug-likeness (QED) is 0.407. The molecule has 0 atom stereocenters. The molecule has 0 saturated carbocycles. The highest BCUT2D eigenvalue weighted by atomic mass is 35.5. The second kappa shape index (κ2) is 10.1. The highest BCUT2D eigenvalue weighted by Gasteiger charge is 2.13. The average Bonchev–Trinajstić information content (AvgIpc) is 3.18. The Kier molecular flexibility index (Phi) is 6.96. The van der Waals surface area contributed by atoms with E-state index in [1.165, 1.54) is 0 Å². The molecule has 0 unspecified atom stereocenters. The van der Waals surface area contributed by atoms with Gasteiger partial charge in [-0.05, 0) is 44.5 Å². The lowest BCUT2D eigenvalue weighted by atomic mass is 10.1. The maximum Gasteiger partial charge on any atom is 0.254 e. The van der Waals surface area contributed by atoms with E-state index in [2.05, 4.69) is 25.3 Å². The molecule has 1 amide bonds. The molecule has 0 fully saturated rings. The second-order valence-electron chi connectivity index (χ2n) is 7.51. The van der Waals surface area contributed by atoms with Gasteiger partial charge in [-0.15, -0.1) is 11.3 Å². The second-order valence-corrected chi connectivity index (χ2v) is 9.23.